The van der Waals surface area contributed by atoms with Crippen LogP contribution in [0.3, 0.4) is 0 Å². The molecule has 1 saturated heterocycles. The van der Waals surface area contributed by atoms with Gasteiger partial charge in [-0.05, 0) is 44.0 Å². The second-order valence-corrected chi connectivity index (χ2v) is 6.52. The summed E-state index contributed by atoms with van der Waals surface area (Å²) in [5.74, 6) is -1.45. The Kier molecular flexibility index (Phi) is 4.73. The summed E-state index contributed by atoms with van der Waals surface area (Å²) in [4.78, 5) is 24.8. The van der Waals surface area contributed by atoms with Gasteiger partial charge in [0.05, 0.1) is 0 Å². The second-order valence-electron chi connectivity index (χ2n) is 6.52. The molecule has 6 heteroatoms. The minimum atomic E-state index is -1.08. The lowest BCUT2D eigenvalue weighted by Gasteiger charge is -2.26. The largest absolute Gasteiger partial charge is 0.480 e. The Hall–Kier alpha value is -2.37. The fourth-order valence-corrected chi connectivity index (χ4v) is 2.42. The molecule has 1 aliphatic rings. The van der Waals surface area contributed by atoms with Crippen molar-refractivity contribution in [2.75, 3.05) is 6.54 Å². The fourth-order valence-electron chi connectivity index (χ4n) is 2.42. The van der Waals surface area contributed by atoms with Crippen molar-refractivity contribution in [3.63, 3.8) is 0 Å². The Morgan fingerprint density at radius 2 is 2.09 bits per heavy atom. The summed E-state index contributed by atoms with van der Waals surface area (Å²) < 4.78 is 18.5. The van der Waals surface area contributed by atoms with Crippen LogP contribution in [0.5, 0.6) is 0 Å². The molecule has 0 saturated carbocycles. The fraction of sp³-hybridized carbons (Fsp3) is 0.412. The van der Waals surface area contributed by atoms with Gasteiger partial charge in [0.15, 0.2) is 0 Å². The van der Waals surface area contributed by atoms with E-state index in [0.717, 1.165) is 5.57 Å². The number of halogens is 1. The van der Waals surface area contributed by atoms with Crippen LogP contribution in [0, 0.1) is 5.82 Å². The highest BCUT2D eigenvalue weighted by Gasteiger charge is 2.38. The number of carboxylic acid groups (broad SMARTS) is 1. The number of hydrogen-bond acceptors (Lipinski definition) is 3. The first-order chi connectivity index (χ1) is 10.7. The standard InChI is InChI=1S/C17H20FNO4/c1-17(2,3)23-16(22)19-10-12(9-14(19)15(20)21)7-11-5-4-6-13(18)8-11/h4-8,14H,9-10H2,1-3H3,(H,20,21)/b12-7+/t14-/m0/s1. The van der Waals surface area contributed by atoms with Crippen LogP contribution in [-0.4, -0.2) is 40.3 Å². The first-order valence-electron chi connectivity index (χ1n) is 7.33. The zero-order chi connectivity index (χ0) is 17.2. The Morgan fingerprint density at radius 1 is 1.39 bits per heavy atom. The quantitative estimate of drug-likeness (QED) is 0.907. The number of amides is 1. The molecular formula is C17H20FNO4. The minimum absolute atomic E-state index is 0.155. The molecule has 1 aliphatic heterocycles. The predicted octanol–water partition coefficient (Wildman–Crippen LogP) is 3.30. The van der Waals surface area contributed by atoms with E-state index in [9.17, 15) is 19.1 Å². The molecule has 1 aromatic carbocycles. The van der Waals surface area contributed by atoms with Gasteiger partial charge in [0.25, 0.3) is 0 Å². The van der Waals surface area contributed by atoms with E-state index in [4.69, 9.17) is 4.74 Å². The lowest BCUT2D eigenvalue weighted by molar-refractivity contribution is -0.142. The number of hydrogen-bond donors (Lipinski definition) is 1. The predicted molar refractivity (Wildman–Crippen MR) is 83.4 cm³/mol. The Morgan fingerprint density at radius 3 is 2.65 bits per heavy atom. The Labute approximate surface area is 134 Å². The van der Waals surface area contributed by atoms with Gasteiger partial charge >= 0.3 is 12.1 Å². The molecule has 2 rings (SSSR count). The summed E-state index contributed by atoms with van der Waals surface area (Å²) in [5.41, 5.74) is 0.679. The van der Waals surface area contributed by atoms with Gasteiger partial charge in [0.1, 0.15) is 17.5 Å². The van der Waals surface area contributed by atoms with Gasteiger partial charge in [0, 0.05) is 13.0 Å². The van der Waals surface area contributed by atoms with Crippen LogP contribution < -0.4 is 0 Å². The third-order valence-corrected chi connectivity index (χ3v) is 3.34. The van der Waals surface area contributed by atoms with Gasteiger partial charge in [-0.1, -0.05) is 18.2 Å². The summed E-state index contributed by atoms with van der Waals surface area (Å²) >= 11 is 0. The summed E-state index contributed by atoms with van der Waals surface area (Å²) in [6.45, 7) is 5.32. The highest BCUT2D eigenvalue weighted by molar-refractivity contribution is 5.82. The van der Waals surface area contributed by atoms with Crippen LogP contribution in [0.2, 0.25) is 0 Å². The number of nitrogens with zero attached hydrogens (tertiary/aromatic N) is 1. The van der Waals surface area contributed by atoms with Crippen LogP contribution in [-0.2, 0) is 9.53 Å². The van der Waals surface area contributed by atoms with Gasteiger partial charge in [0.2, 0.25) is 0 Å². The molecule has 0 spiro atoms. The summed E-state index contributed by atoms with van der Waals surface area (Å²) in [6, 6.07) is 5.03. The number of likely N-dealkylation sites (tertiary alicyclic amines) is 1. The maximum atomic E-state index is 13.2. The molecule has 0 unspecified atom stereocenters. The average Bonchev–Trinajstić information content (AvgIpc) is 2.81. The second kappa shape index (κ2) is 6.40. The average molecular weight is 321 g/mol. The number of ether oxygens (including phenoxy) is 1. The topological polar surface area (TPSA) is 66.8 Å². The van der Waals surface area contributed by atoms with Crippen molar-refractivity contribution in [3.8, 4) is 0 Å². The van der Waals surface area contributed by atoms with E-state index in [2.05, 4.69) is 0 Å². The molecule has 1 fully saturated rings. The third kappa shape index (κ3) is 4.55. The molecule has 5 nitrogen and oxygen atoms in total. The zero-order valence-corrected chi connectivity index (χ0v) is 13.4. The van der Waals surface area contributed by atoms with Gasteiger partial charge < -0.3 is 9.84 Å². The molecule has 1 N–H and O–H groups in total. The third-order valence-electron chi connectivity index (χ3n) is 3.34. The number of rotatable bonds is 2. The minimum Gasteiger partial charge on any atom is -0.480 e. The van der Waals surface area contributed by atoms with E-state index in [0.29, 0.717) is 5.56 Å². The molecular weight excluding hydrogens is 301 g/mol. The van der Waals surface area contributed by atoms with Crippen molar-refractivity contribution in [1.82, 2.24) is 4.90 Å². The molecule has 124 valence electrons. The van der Waals surface area contributed by atoms with Gasteiger partial charge in [-0.25, -0.2) is 14.0 Å². The summed E-state index contributed by atoms with van der Waals surface area (Å²) in [7, 11) is 0. The number of carbonyl (C=O) groups is 2. The molecule has 1 atom stereocenters. The van der Waals surface area contributed by atoms with E-state index in [1.807, 2.05) is 0 Å². The van der Waals surface area contributed by atoms with Gasteiger partial charge in [-0.2, -0.15) is 0 Å². The smallest absolute Gasteiger partial charge is 0.411 e. The van der Waals surface area contributed by atoms with Gasteiger partial charge in [-0.15, -0.1) is 0 Å². The van der Waals surface area contributed by atoms with E-state index in [-0.39, 0.29) is 18.8 Å². The van der Waals surface area contributed by atoms with Crippen molar-refractivity contribution < 1.29 is 23.8 Å². The molecule has 0 bridgehead atoms. The van der Waals surface area contributed by atoms with Crippen LogP contribution in [0.1, 0.15) is 32.8 Å². The molecule has 1 heterocycles. The first-order valence-corrected chi connectivity index (χ1v) is 7.33. The molecule has 1 aromatic rings. The molecule has 0 aromatic heterocycles. The Balaban J connectivity index is 2.21. The highest BCUT2D eigenvalue weighted by Crippen LogP contribution is 2.27. The lowest BCUT2D eigenvalue weighted by atomic mass is 10.1. The first kappa shape index (κ1) is 17.0. The molecule has 1 amide bonds. The Bertz CT molecular complexity index is 648. The highest BCUT2D eigenvalue weighted by atomic mass is 19.1. The van der Waals surface area contributed by atoms with Crippen LogP contribution in [0.15, 0.2) is 29.8 Å². The van der Waals surface area contributed by atoms with E-state index in [1.165, 1.54) is 17.0 Å². The number of benzene rings is 1. The maximum absolute atomic E-state index is 13.2. The molecule has 0 aliphatic carbocycles. The van der Waals surface area contributed by atoms with Crippen LogP contribution in [0.25, 0.3) is 6.08 Å². The molecule has 23 heavy (non-hydrogen) atoms. The summed E-state index contributed by atoms with van der Waals surface area (Å²) in [6.07, 6.45) is 1.25. The lowest BCUT2D eigenvalue weighted by Crippen LogP contribution is -2.43. The van der Waals surface area contributed by atoms with E-state index < -0.39 is 23.7 Å². The van der Waals surface area contributed by atoms with Crippen molar-refractivity contribution in [2.45, 2.75) is 38.8 Å². The van der Waals surface area contributed by atoms with Gasteiger partial charge in [-0.3, -0.25) is 4.90 Å². The van der Waals surface area contributed by atoms with Crippen LogP contribution >= 0.6 is 0 Å². The number of carboxylic acids is 1. The van der Waals surface area contributed by atoms with E-state index >= 15 is 0 Å². The van der Waals surface area contributed by atoms with Crippen molar-refractivity contribution >= 4 is 18.1 Å². The normalized spacial score (nSPS) is 19.9. The number of carbonyl (C=O) groups excluding carboxylic acids is 1. The SMILES string of the molecule is CC(C)(C)OC(=O)N1C/C(=C/c2cccc(F)c2)C[C@H]1C(=O)O. The van der Waals surface area contributed by atoms with Crippen molar-refractivity contribution in [2.24, 2.45) is 0 Å². The van der Waals surface area contributed by atoms with Crippen molar-refractivity contribution in [1.29, 1.82) is 0 Å². The maximum Gasteiger partial charge on any atom is 0.411 e. The van der Waals surface area contributed by atoms with E-state index in [1.54, 1.807) is 39.0 Å². The monoisotopic (exact) mass is 321 g/mol. The zero-order valence-electron chi connectivity index (χ0n) is 13.4. The summed E-state index contributed by atoms with van der Waals surface area (Å²) in [5, 5.41) is 9.32. The molecule has 0 radical (unpaired) electrons. The van der Waals surface area contributed by atoms with Crippen LogP contribution in [0.4, 0.5) is 9.18 Å². The number of aliphatic carboxylic acids is 1. The van der Waals surface area contributed by atoms with Crippen molar-refractivity contribution in [3.05, 3.63) is 41.2 Å².